The molecule has 0 amide bonds. The van der Waals surface area contributed by atoms with E-state index in [2.05, 4.69) is 10.3 Å². The Hall–Kier alpha value is -1.69. The van der Waals surface area contributed by atoms with Crippen molar-refractivity contribution in [1.82, 2.24) is 9.29 Å². The van der Waals surface area contributed by atoms with Gasteiger partial charge in [-0.1, -0.05) is 6.07 Å². The molecule has 2 unspecified atom stereocenters. The number of hydrogen-bond donors (Lipinski definition) is 1. The zero-order valence-corrected chi connectivity index (χ0v) is 13.1. The molecule has 0 bridgehead atoms. The number of aromatic nitrogens is 1. The first-order valence-corrected chi connectivity index (χ1v) is 8.98. The minimum Gasteiger partial charge on any atom is -0.371 e. The first-order chi connectivity index (χ1) is 10.4. The Morgan fingerprint density at radius 3 is 3.05 bits per heavy atom. The van der Waals surface area contributed by atoms with Crippen LogP contribution in [0.5, 0.6) is 0 Å². The van der Waals surface area contributed by atoms with Crippen molar-refractivity contribution in [2.75, 3.05) is 31.3 Å². The number of sulfonamides is 1. The quantitative estimate of drug-likeness (QED) is 0.873. The SMILES string of the molecule is CS(=O)(=O)N1CCC2(CC(Nc3cccc(C#N)n3)CO2)C1. The first-order valence-electron chi connectivity index (χ1n) is 7.13. The van der Waals surface area contributed by atoms with Crippen LogP contribution in [0.25, 0.3) is 0 Å². The van der Waals surface area contributed by atoms with Crippen LogP contribution in [-0.2, 0) is 14.8 Å². The van der Waals surface area contributed by atoms with Gasteiger partial charge >= 0.3 is 0 Å². The molecule has 8 heteroatoms. The molecule has 2 atom stereocenters. The topological polar surface area (TPSA) is 95.3 Å². The third-order valence-corrected chi connectivity index (χ3v) is 5.42. The Morgan fingerprint density at radius 1 is 1.55 bits per heavy atom. The molecule has 1 spiro atoms. The lowest BCUT2D eigenvalue weighted by Crippen LogP contribution is -2.35. The van der Waals surface area contributed by atoms with Crippen LogP contribution in [0.2, 0.25) is 0 Å². The van der Waals surface area contributed by atoms with Crippen molar-refractivity contribution in [3.8, 4) is 6.07 Å². The van der Waals surface area contributed by atoms with Crippen LogP contribution in [0, 0.1) is 11.3 Å². The maximum Gasteiger partial charge on any atom is 0.211 e. The largest absolute Gasteiger partial charge is 0.371 e. The molecule has 0 radical (unpaired) electrons. The zero-order chi connectivity index (χ0) is 15.8. The first kappa shape index (κ1) is 15.2. The number of anilines is 1. The zero-order valence-electron chi connectivity index (χ0n) is 12.3. The van der Waals surface area contributed by atoms with Gasteiger partial charge < -0.3 is 10.1 Å². The van der Waals surface area contributed by atoms with Crippen LogP contribution >= 0.6 is 0 Å². The summed E-state index contributed by atoms with van der Waals surface area (Å²) in [7, 11) is -3.17. The normalized spacial score (nSPS) is 28.8. The second-order valence-electron chi connectivity index (χ2n) is 5.91. The van der Waals surface area contributed by atoms with Gasteiger partial charge in [0.25, 0.3) is 0 Å². The van der Waals surface area contributed by atoms with E-state index in [1.807, 2.05) is 12.1 Å². The van der Waals surface area contributed by atoms with Crippen LogP contribution in [0.15, 0.2) is 18.2 Å². The summed E-state index contributed by atoms with van der Waals surface area (Å²) in [6.45, 7) is 1.43. The Morgan fingerprint density at radius 2 is 2.36 bits per heavy atom. The van der Waals surface area contributed by atoms with Gasteiger partial charge in [-0.25, -0.2) is 13.4 Å². The van der Waals surface area contributed by atoms with Crippen molar-refractivity contribution in [1.29, 1.82) is 5.26 Å². The molecule has 0 aromatic carbocycles. The van der Waals surface area contributed by atoms with Gasteiger partial charge in [0, 0.05) is 19.5 Å². The third kappa shape index (κ3) is 3.06. The summed E-state index contributed by atoms with van der Waals surface area (Å²) < 4.78 is 30.6. The monoisotopic (exact) mass is 322 g/mol. The molecule has 1 N–H and O–H groups in total. The molecule has 2 fully saturated rings. The van der Waals surface area contributed by atoms with Gasteiger partial charge in [0.2, 0.25) is 10.0 Å². The van der Waals surface area contributed by atoms with Crippen LogP contribution in [0.1, 0.15) is 18.5 Å². The number of hydrogen-bond acceptors (Lipinski definition) is 6. The standard InChI is InChI=1S/C14H18N4O3S/c1-22(19,20)18-6-5-14(10-18)7-12(9-21-14)17-13-4-2-3-11(8-15)16-13/h2-4,12H,5-7,9-10H2,1H3,(H,16,17). The summed E-state index contributed by atoms with van der Waals surface area (Å²) in [4.78, 5) is 4.19. The summed E-state index contributed by atoms with van der Waals surface area (Å²) >= 11 is 0. The van der Waals surface area contributed by atoms with Gasteiger partial charge in [-0.2, -0.15) is 9.57 Å². The van der Waals surface area contributed by atoms with Crippen molar-refractivity contribution in [3.63, 3.8) is 0 Å². The van der Waals surface area contributed by atoms with E-state index in [1.165, 1.54) is 10.6 Å². The number of pyridine rings is 1. The minimum absolute atomic E-state index is 0.0703. The number of nitriles is 1. The molecule has 7 nitrogen and oxygen atoms in total. The van der Waals surface area contributed by atoms with E-state index in [9.17, 15) is 8.42 Å². The van der Waals surface area contributed by atoms with Gasteiger partial charge in [0.05, 0.1) is 24.5 Å². The summed E-state index contributed by atoms with van der Waals surface area (Å²) in [5, 5.41) is 12.1. The molecule has 3 heterocycles. The highest BCUT2D eigenvalue weighted by Gasteiger charge is 2.47. The van der Waals surface area contributed by atoms with E-state index in [0.717, 1.165) is 6.42 Å². The summed E-state index contributed by atoms with van der Waals surface area (Å²) in [5.74, 6) is 0.641. The van der Waals surface area contributed by atoms with Gasteiger partial charge in [-0.15, -0.1) is 0 Å². The van der Waals surface area contributed by atoms with E-state index < -0.39 is 15.6 Å². The lowest BCUT2D eigenvalue weighted by Gasteiger charge is -2.22. The van der Waals surface area contributed by atoms with Gasteiger partial charge in [0.1, 0.15) is 17.6 Å². The second kappa shape index (κ2) is 5.50. The molecule has 22 heavy (non-hydrogen) atoms. The predicted octanol–water partition coefficient (Wildman–Crippen LogP) is 0.558. The van der Waals surface area contributed by atoms with Gasteiger partial charge in [-0.3, -0.25) is 0 Å². The van der Waals surface area contributed by atoms with E-state index in [4.69, 9.17) is 10.00 Å². The Bertz CT molecular complexity index is 715. The van der Waals surface area contributed by atoms with Crippen LogP contribution in [0.3, 0.4) is 0 Å². The summed E-state index contributed by atoms with van der Waals surface area (Å²) in [5.41, 5.74) is -0.0316. The number of nitrogens with zero attached hydrogens (tertiary/aromatic N) is 3. The third-order valence-electron chi connectivity index (χ3n) is 4.18. The van der Waals surface area contributed by atoms with Gasteiger partial charge in [-0.05, 0) is 18.6 Å². The fourth-order valence-electron chi connectivity index (χ4n) is 3.10. The number of rotatable bonds is 3. The average Bonchev–Trinajstić information content (AvgIpc) is 3.07. The predicted molar refractivity (Wildman–Crippen MR) is 80.7 cm³/mol. The van der Waals surface area contributed by atoms with Crippen molar-refractivity contribution in [2.24, 2.45) is 0 Å². The molecule has 1 aromatic rings. The molecule has 2 aliphatic heterocycles. The fraction of sp³-hybridized carbons (Fsp3) is 0.571. The smallest absolute Gasteiger partial charge is 0.211 e. The highest BCUT2D eigenvalue weighted by Crippen LogP contribution is 2.36. The molecule has 118 valence electrons. The Labute approximate surface area is 130 Å². The lowest BCUT2D eigenvalue weighted by atomic mass is 9.97. The molecule has 0 aliphatic carbocycles. The van der Waals surface area contributed by atoms with E-state index >= 15 is 0 Å². The highest BCUT2D eigenvalue weighted by atomic mass is 32.2. The lowest BCUT2D eigenvalue weighted by molar-refractivity contribution is 0.0173. The van der Waals surface area contributed by atoms with Crippen molar-refractivity contribution < 1.29 is 13.2 Å². The molecule has 0 saturated carbocycles. The van der Waals surface area contributed by atoms with Crippen molar-refractivity contribution >= 4 is 15.8 Å². The number of ether oxygens (including phenoxy) is 1. The van der Waals surface area contributed by atoms with E-state index in [0.29, 0.717) is 37.6 Å². The molecular formula is C14H18N4O3S. The highest BCUT2D eigenvalue weighted by molar-refractivity contribution is 7.88. The molecule has 1 aromatic heterocycles. The van der Waals surface area contributed by atoms with Crippen LogP contribution in [0.4, 0.5) is 5.82 Å². The average molecular weight is 322 g/mol. The molecule has 3 rings (SSSR count). The second-order valence-corrected chi connectivity index (χ2v) is 7.89. The van der Waals surface area contributed by atoms with E-state index in [-0.39, 0.29) is 6.04 Å². The maximum absolute atomic E-state index is 11.6. The summed E-state index contributed by atoms with van der Waals surface area (Å²) in [6.07, 6.45) is 2.68. The number of nitrogens with one attached hydrogen (secondary N) is 1. The molecule has 2 aliphatic rings. The molecule has 2 saturated heterocycles. The Balaban J connectivity index is 1.65. The van der Waals surface area contributed by atoms with Crippen molar-refractivity contribution in [3.05, 3.63) is 23.9 Å². The van der Waals surface area contributed by atoms with Crippen LogP contribution < -0.4 is 5.32 Å². The van der Waals surface area contributed by atoms with Crippen molar-refractivity contribution in [2.45, 2.75) is 24.5 Å². The summed E-state index contributed by atoms with van der Waals surface area (Å²) in [6, 6.07) is 7.32. The molecular weight excluding hydrogens is 304 g/mol. The Kier molecular flexibility index (Phi) is 3.80. The van der Waals surface area contributed by atoms with Gasteiger partial charge in [0.15, 0.2) is 0 Å². The minimum atomic E-state index is -3.17. The maximum atomic E-state index is 11.6. The van der Waals surface area contributed by atoms with Crippen LogP contribution in [-0.4, -0.2) is 55.3 Å². The van der Waals surface area contributed by atoms with E-state index in [1.54, 1.807) is 12.1 Å². The fourth-order valence-corrected chi connectivity index (χ4v) is 3.99.